The third-order valence-electron chi connectivity index (χ3n) is 6.30. The van der Waals surface area contributed by atoms with Crippen LogP contribution in [-0.4, -0.2) is 74.8 Å². The Balaban J connectivity index is 1.46. The molecule has 11 nitrogen and oxygen atoms in total. The molecular weight excluding hydrogens is 454 g/mol. The van der Waals surface area contributed by atoms with Gasteiger partial charge in [0.2, 0.25) is 11.8 Å². The number of carboxylic acids is 1. The maximum Gasteiger partial charge on any atom is 0.325 e. The highest BCUT2D eigenvalue weighted by atomic mass is 16.5. The summed E-state index contributed by atoms with van der Waals surface area (Å²) < 4.78 is 7.15. The van der Waals surface area contributed by atoms with Crippen LogP contribution in [0.4, 0.5) is 0 Å². The van der Waals surface area contributed by atoms with Crippen LogP contribution in [-0.2, 0) is 14.4 Å². The number of likely N-dealkylation sites (tertiary alicyclic amines) is 1. The normalized spacial score (nSPS) is 18.4. The largest absolute Gasteiger partial charge is 0.480 e. The summed E-state index contributed by atoms with van der Waals surface area (Å²) in [7, 11) is 0. The van der Waals surface area contributed by atoms with Crippen LogP contribution in [0.15, 0.2) is 36.4 Å². The van der Waals surface area contributed by atoms with Gasteiger partial charge in [0.1, 0.15) is 12.1 Å². The van der Waals surface area contributed by atoms with Crippen LogP contribution >= 0.6 is 0 Å². The first-order valence-electron chi connectivity index (χ1n) is 11.8. The molecule has 186 valence electrons. The number of hydrogen-bond acceptors (Lipinski definition) is 6. The molecule has 11 heteroatoms. The number of rotatable bonds is 9. The van der Waals surface area contributed by atoms with Gasteiger partial charge in [0, 0.05) is 18.7 Å². The number of carbonyl (C=O) groups excluding carboxylic acids is 3. The lowest BCUT2D eigenvalue weighted by Crippen LogP contribution is -2.51. The minimum atomic E-state index is -1.18. The predicted octanol–water partition coefficient (Wildman–Crippen LogP) is 1.11. The molecule has 0 unspecified atom stereocenters. The molecule has 1 aromatic heterocycles. The van der Waals surface area contributed by atoms with E-state index in [-0.39, 0.29) is 36.0 Å². The first kappa shape index (κ1) is 24.2. The molecule has 1 saturated heterocycles. The van der Waals surface area contributed by atoms with Gasteiger partial charge in [-0.15, -0.1) is 0 Å². The Labute approximate surface area is 202 Å². The van der Waals surface area contributed by atoms with Gasteiger partial charge in [0.15, 0.2) is 12.3 Å². The van der Waals surface area contributed by atoms with Gasteiger partial charge in [-0.2, -0.15) is 5.10 Å². The van der Waals surface area contributed by atoms with Crippen molar-refractivity contribution in [3.05, 3.63) is 42.1 Å². The molecular formula is C24H29N5O6. The minimum absolute atomic E-state index is 0.0525. The highest BCUT2D eigenvalue weighted by molar-refractivity contribution is 5.95. The molecule has 1 aliphatic carbocycles. The zero-order chi connectivity index (χ0) is 24.9. The highest BCUT2D eigenvalue weighted by Gasteiger charge is 2.36. The molecule has 1 aliphatic heterocycles. The van der Waals surface area contributed by atoms with E-state index in [1.807, 2.05) is 6.07 Å². The van der Waals surface area contributed by atoms with Crippen molar-refractivity contribution in [2.45, 2.75) is 57.2 Å². The number of nitrogens with one attached hydrogen (secondary N) is 2. The van der Waals surface area contributed by atoms with Gasteiger partial charge in [-0.3, -0.25) is 19.2 Å². The number of aliphatic carboxylic acids is 1. The average Bonchev–Trinajstić information content (AvgIpc) is 3.48. The summed E-state index contributed by atoms with van der Waals surface area (Å²) in [5, 5.41) is 18.7. The van der Waals surface area contributed by atoms with Crippen molar-refractivity contribution in [1.82, 2.24) is 25.3 Å². The van der Waals surface area contributed by atoms with Gasteiger partial charge in [-0.1, -0.05) is 18.2 Å². The summed E-state index contributed by atoms with van der Waals surface area (Å²) >= 11 is 0. The van der Waals surface area contributed by atoms with E-state index in [0.29, 0.717) is 18.7 Å². The molecule has 4 rings (SSSR count). The van der Waals surface area contributed by atoms with E-state index in [0.717, 1.165) is 25.7 Å². The van der Waals surface area contributed by atoms with Gasteiger partial charge < -0.3 is 25.4 Å². The number of hydrogen-bond donors (Lipinski definition) is 3. The van der Waals surface area contributed by atoms with E-state index in [9.17, 15) is 19.2 Å². The summed E-state index contributed by atoms with van der Waals surface area (Å²) in [5.74, 6) is -2.17. The van der Waals surface area contributed by atoms with Gasteiger partial charge in [-0.25, -0.2) is 4.68 Å². The van der Waals surface area contributed by atoms with Gasteiger partial charge >= 0.3 is 5.97 Å². The van der Waals surface area contributed by atoms with E-state index in [2.05, 4.69) is 15.7 Å². The van der Waals surface area contributed by atoms with Crippen LogP contribution in [0, 0.1) is 0 Å². The number of benzene rings is 1. The molecule has 0 spiro atoms. The van der Waals surface area contributed by atoms with Crippen molar-refractivity contribution in [2.75, 3.05) is 13.2 Å². The standard InChI is InChI=1S/C24H29N5O6/c1-15(24(33)34)25-22(31)18-13-21(29(27-18)17-9-3-2-4-10-17)35-14-20(30)28-12-6-11-19(28)23(32)26-16-7-5-8-16/h2-4,9-10,13,15-16,19H,5-8,11-12,14H2,1H3,(H,25,31)(H,26,32)(H,33,34)/t15-,19+/m1/s1. The van der Waals surface area contributed by atoms with Crippen LogP contribution in [0.25, 0.3) is 5.69 Å². The van der Waals surface area contributed by atoms with Gasteiger partial charge in [0.05, 0.1) is 5.69 Å². The van der Waals surface area contributed by atoms with E-state index in [4.69, 9.17) is 9.84 Å². The Bertz CT molecular complexity index is 1100. The van der Waals surface area contributed by atoms with Crippen LogP contribution in [0.3, 0.4) is 0 Å². The first-order chi connectivity index (χ1) is 16.8. The fourth-order valence-corrected chi connectivity index (χ4v) is 4.07. The molecule has 3 N–H and O–H groups in total. The van der Waals surface area contributed by atoms with E-state index >= 15 is 0 Å². The maximum absolute atomic E-state index is 13.0. The van der Waals surface area contributed by atoms with Crippen LogP contribution in [0.1, 0.15) is 49.5 Å². The monoisotopic (exact) mass is 483 g/mol. The zero-order valence-electron chi connectivity index (χ0n) is 19.5. The smallest absolute Gasteiger partial charge is 0.325 e. The Hall–Kier alpha value is -3.89. The molecule has 1 saturated carbocycles. The lowest BCUT2D eigenvalue weighted by Gasteiger charge is -2.30. The summed E-state index contributed by atoms with van der Waals surface area (Å²) in [5.41, 5.74) is 0.544. The van der Waals surface area contributed by atoms with E-state index < -0.39 is 24.0 Å². The number of amides is 3. The molecule has 2 heterocycles. The molecule has 35 heavy (non-hydrogen) atoms. The molecule has 2 fully saturated rings. The lowest BCUT2D eigenvalue weighted by atomic mass is 9.93. The minimum Gasteiger partial charge on any atom is -0.480 e. The third-order valence-corrected chi connectivity index (χ3v) is 6.30. The Morgan fingerprint density at radius 3 is 2.54 bits per heavy atom. The van der Waals surface area contributed by atoms with Crippen molar-refractivity contribution >= 4 is 23.7 Å². The van der Waals surface area contributed by atoms with Crippen molar-refractivity contribution in [3.8, 4) is 11.6 Å². The Morgan fingerprint density at radius 2 is 1.89 bits per heavy atom. The zero-order valence-corrected chi connectivity index (χ0v) is 19.5. The lowest BCUT2D eigenvalue weighted by molar-refractivity contribution is -0.140. The summed E-state index contributed by atoms with van der Waals surface area (Å²) in [6, 6.07) is 8.84. The van der Waals surface area contributed by atoms with Crippen LogP contribution in [0.2, 0.25) is 0 Å². The first-order valence-corrected chi connectivity index (χ1v) is 11.8. The average molecular weight is 484 g/mol. The highest BCUT2D eigenvalue weighted by Crippen LogP contribution is 2.23. The van der Waals surface area contributed by atoms with Crippen molar-refractivity contribution in [1.29, 1.82) is 0 Å². The van der Waals surface area contributed by atoms with Gasteiger partial charge in [-0.05, 0) is 51.2 Å². The molecule has 2 aliphatic rings. The maximum atomic E-state index is 13.0. The van der Waals surface area contributed by atoms with E-state index in [1.165, 1.54) is 17.7 Å². The fourth-order valence-electron chi connectivity index (χ4n) is 4.07. The Kier molecular flexibility index (Phi) is 7.33. The van der Waals surface area contributed by atoms with Crippen molar-refractivity contribution in [3.63, 3.8) is 0 Å². The Morgan fingerprint density at radius 1 is 1.14 bits per heavy atom. The van der Waals surface area contributed by atoms with Crippen LogP contribution in [0.5, 0.6) is 5.88 Å². The van der Waals surface area contributed by atoms with Crippen molar-refractivity contribution < 1.29 is 29.0 Å². The predicted molar refractivity (Wildman–Crippen MR) is 124 cm³/mol. The summed E-state index contributed by atoms with van der Waals surface area (Å²) in [4.78, 5) is 50.7. The molecule has 2 aromatic rings. The third kappa shape index (κ3) is 5.61. The number of para-hydroxylation sites is 1. The quantitative estimate of drug-likeness (QED) is 0.485. The summed E-state index contributed by atoms with van der Waals surface area (Å²) in [6.07, 6.45) is 4.40. The van der Waals surface area contributed by atoms with Crippen molar-refractivity contribution in [2.24, 2.45) is 0 Å². The summed E-state index contributed by atoms with van der Waals surface area (Å²) in [6.45, 7) is 1.49. The number of ether oxygens (including phenoxy) is 1. The van der Waals surface area contributed by atoms with E-state index in [1.54, 1.807) is 29.2 Å². The van der Waals surface area contributed by atoms with Crippen LogP contribution < -0.4 is 15.4 Å². The second-order valence-corrected chi connectivity index (χ2v) is 8.82. The second kappa shape index (κ2) is 10.6. The molecule has 0 radical (unpaired) electrons. The topological polar surface area (TPSA) is 143 Å². The second-order valence-electron chi connectivity index (χ2n) is 8.82. The molecule has 0 bridgehead atoms. The van der Waals surface area contributed by atoms with Gasteiger partial charge in [0.25, 0.3) is 11.8 Å². The molecule has 2 atom stereocenters. The molecule has 3 amide bonds. The number of carbonyl (C=O) groups is 4. The number of aromatic nitrogens is 2. The number of carboxylic acid groups (broad SMARTS) is 1. The fraction of sp³-hybridized carbons (Fsp3) is 0.458. The molecule has 1 aromatic carbocycles. The SMILES string of the molecule is C[C@@H](NC(=O)c1cc(OCC(=O)N2CCC[C@H]2C(=O)NC2CCC2)n(-c2ccccc2)n1)C(=O)O. The number of nitrogens with zero attached hydrogens (tertiary/aromatic N) is 3.